The summed E-state index contributed by atoms with van der Waals surface area (Å²) in [6, 6.07) is -2.07. The second-order valence-electron chi connectivity index (χ2n) is 14.4. The number of halogens is 1. The van der Waals surface area contributed by atoms with Crippen molar-refractivity contribution in [3.8, 4) is 0 Å². The lowest BCUT2D eigenvalue weighted by Crippen LogP contribution is -2.59. The predicted octanol–water partition coefficient (Wildman–Crippen LogP) is 2.89. The zero-order chi connectivity index (χ0) is 33.2. The molecular formula is C32H48BFN4O8. The van der Waals surface area contributed by atoms with Gasteiger partial charge >= 0.3 is 19.3 Å². The molecule has 0 aromatic heterocycles. The van der Waals surface area contributed by atoms with E-state index in [0.717, 1.165) is 38.5 Å². The van der Waals surface area contributed by atoms with Gasteiger partial charge in [-0.05, 0) is 67.9 Å². The molecule has 0 aromatic rings. The molecule has 0 aromatic carbocycles. The van der Waals surface area contributed by atoms with Gasteiger partial charge in [-0.3, -0.25) is 14.5 Å². The molecule has 2 aliphatic carbocycles. The Bertz CT molecular complexity index is 1230. The molecule has 3 N–H and O–H groups in total. The van der Waals surface area contributed by atoms with Crippen molar-refractivity contribution in [1.82, 2.24) is 20.4 Å². The van der Waals surface area contributed by atoms with Gasteiger partial charge in [0.15, 0.2) is 0 Å². The third-order valence-corrected chi connectivity index (χ3v) is 9.82. The van der Waals surface area contributed by atoms with Gasteiger partial charge in [0.25, 0.3) is 0 Å². The van der Waals surface area contributed by atoms with Crippen molar-refractivity contribution >= 4 is 31.1 Å². The highest BCUT2D eigenvalue weighted by Crippen LogP contribution is 2.41. The quantitative estimate of drug-likeness (QED) is 0.324. The van der Waals surface area contributed by atoms with E-state index >= 15 is 0 Å². The van der Waals surface area contributed by atoms with Crippen molar-refractivity contribution in [1.29, 1.82) is 0 Å². The van der Waals surface area contributed by atoms with Crippen molar-refractivity contribution in [3.63, 3.8) is 0 Å². The molecule has 0 bridgehead atoms. The van der Waals surface area contributed by atoms with Gasteiger partial charge in [0, 0.05) is 32.0 Å². The van der Waals surface area contributed by atoms with Crippen LogP contribution in [0.1, 0.15) is 72.6 Å². The number of hydrogen-bond acceptors (Lipinski definition) is 8. The third kappa shape index (κ3) is 7.87. The third-order valence-electron chi connectivity index (χ3n) is 9.82. The fourth-order valence-corrected chi connectivity index (χ4v) is 7.07. The highest BCUT2D eigenvalue weighted by molar-refractivity contribution is 6.46. The molecule has 5 atom stereocenters. The maximum Gasteiger partial charge on any atom is 0.478 e. The summed E-state index contributed by atoms with van der Waals surface area (Å²) in [7, 11) is -1.16. The number of alkyl carbamates (subject to hydrolysis) is 1. The second-order valence-corrected chi connectivity index (χ2v) is 14.4. The number of nitrogens with zero attached hydrogens (tertiary/aromatic N) is 2. The molecule has 5 aliphatic rings. The van der Waals surface area contributed by atoms with Crippen LogP contribution in [-0.2, 0) is 23.7 Å². The first-order chi connectivity index (χ1) is 21.9. The van der Waals surface area contributed by atoms with Gasteiger partial charge in [-0.25, -0.2) is 14.0 Å². The molecular weight excluding hydrogens is 598 g/mol. The van der Waals surface area contributed by atoms with Crippen LogP contribution in [0.3, 0.4) is 0 Å². The Kier molecular flexibility index (Phi) is 10.7. The summed E-state index contributed by atoms with van der Waals surface area (Å²) < 4.78 is 30.5. The number of nitrogens with one attached hydrogen (secondary N) is 2. The van der Waals surface area contributed by atoms with Gasteiger partial charge in [0.05, 0.1) is 12.5 Å². The number of carbonyl (C=O) groups is 4. The minimum absolute atomic E-state index is 0.0173. The van der Waals surface area contributed by atoms with Crippen LogP contribution >= 0.6 is 0 Å². The van der Waals surface area contributed by atoms with Crippen LogP contribution in [0.15, 0.2) is 23.3 Å². The topological polar surface area (TPSA) is 147 Å². The Balaban J connectivity index is 1.32. The number of amides is 4. The highest BCUT2D eigenvalue weighted by Gasteiger charge is 2.51. The molecule has 14 heteroatoms. The predicted molar refractivity (Wildman–Crippen MR) is 167 cm³/mol. The first kappa shape index (κ1) is 34.2. The molecule has 3 aliphatic heterocycles. The molecule has 254 valence electrons. The van der Waals surface area contributed by atoms with Gasteiger partial charge in [0.1, 0.15) is 31.0 Å². The number of likely N-dealkylation sites (tertiary alicyclic amines) is 1. The summed E-state index contributed by atoms with van der Waals surface area (Å²) in [5.41, 5.74) is 0.469. The van der Waals surface area contributed by atoms with E-state index in [9.17, 15) is 28.6 Å². The molecule has 4 fully saturated rings. The molecule has 2 saturated heterocycles. The van der Waals surface area contributed by atoms with E-state index in [1.165, 1.54) is 9.80 Å². The summed E-state index contributed by atoms with van der Waals surface area (Å²) in [5, 5.41) is 16.2. The molecule has 46 heavy (non-hydrogen) atoms. The molecule has 12 nitrogen and oxygen atoms in total. The average molecular weight is 647 g/mol. The normalized spacial score (nSPS) is 27.9. The first-order valence-electron chi connectivity index (χ1n) is 16.6. The molecule has 3 heterocycles. The van der Waals surface area contributed by atoms with Crippen LogP contribution in [0.5, 0.6) is 0 Å². The SMILES string of the molecule is C/C=C\C1=C(CF)CN(C(=O)O[C@@H]2C[C@@H](C(=O)NC3B(O)OCC3C3CC3)N(C(=O)[C@@H](NC(=O)OC3CCCC3)C(C)(C)C)C2)C1. The summed E-state index contributed by atoms with van der Waals surface area (Å²) in [4.78, 5) is 57.0. The standard InChI is InChI=1S/C32H48BFN4O8/c1-5-8-20-15-37(16-21(20)14-34)31(42)46-23-13-25(28(39)36-27-24(19-11-12-19)18-44-33(27)43)38(17-23)29(40)26(32(2,3)4)35-30(41)45-22-9-6-7-10-22/h5,8,19,22-27,43H,6-7,9-18H2,1-4H3,(H,35,41)(H,36,39)/b8-5-/t23-,24?,25+,26-,27?/m1/s1. The Morgan fingerprint density at radius 1 is 1.11 bits per heavy atom. The molecule has 2 saturated carbocycles. The molecule has 0 spiro atoms. The second kappa shape index (κ2) is 14.3. The number of rotatable bonds is 9. The van der Waals surface area contributed by atoms with Crippen LogP contribution in [-0.4, -0.2) is 109 Å². The Labute approximate surface area is 270 Å². The van der Waals surface area contributed by atoms with E-state index in [1.54, 1.807) is 12.2 Å². The lowest BCUT2D eigenvalue weighted by Gasteiger charge is -2.35. The summed E-state index contributed by atoms with van der Waals surface area (Å²) >= 11 is 0. The fraction of sp³-hybridized carbons (Fsp3) is 0.750. The Morgan fingerprint density at radius 2 is 1.83 bits per heavy atom. The van der Waals surface area contributed by atoms with Crippen molar-refractivity contribution in [3.05, 3.63) is 23.3 Å². The Hall–Kier alpha value is -3.13. The zero-order valence-electron chi connectivity index (χ0n) is 27.3. The van der Waals surface area contributed by atoms with Gasteiger partial charge in [-0.2, -0.15) is 0 Å². The summed E-state index contributed by atoms with van der Waals surface area (Å²) in [5.74, 6) is -1.31. The fourth-order valence-electron chi connectivity index (χ4n) is 7.07. The Morgan fingerprint density at radius 3 is 2.46 bits per heavy atom. The maximum atomic E-state index is 14.2. The molecule has 4 amide bonds. The molecule has 5 rings (SSSR count). The number of carbonyl (C=O) groups excluding carboxylic acids is 4. The number of ether oxygens (including phenoxy) is 2. The van der Waals surface area contributed by atoms with Crippen molar-refractivity contribution in [2.75, 3.05) is 32.9 Å². The van der Waals surface area contributed by atoms with Gasteiger partial charge < -0.3 is 34.7 Å². The van der Waals surface area contributed by atoms with Crippen LogP contribution in [0.4, 0.5) is 14.0 Å². The smallest absolute Gasteiger partial charge is 0.446 e. The van der Waals surface area contributed by atoms with Gasteiger partial charge in [-0.15, -0.1) is 0 Å². The van der Waals surface area contributed by atoms with E-state index < -0.39 is 67.3 Å². The molecule has 2 unspecified atom stereocenters. The number of allylic oxidation sites excluding steroid dienone is 1. The van der Waals surface area contributed by atoms with E-state index in [1.807, 2.05) is 27.7 Å². The van der Waals surface area contributed by atoms with Crippen LogP contribution < -0.4 is 10.6 Å². The first-order valence-corrected chi connectivity index (χ1v) is 16.6. The van der Waals surface area contributed by atoms with Crippen molar-refractivity contribution in [2.45, 2.75) is 103 Å². The van der Waals surface area contributed by atoms with Gasteiger partial charge in [0.2, 0.25) is 11.8 Å². The highest BCUT2D eigenvalue weighted by atomic mass is 19.1. The van der Waals surface area contributed by atoms with Gasteiger partial charge in [-0.1, -0.05) is 32.9 Å². The van der Waals surface area contributed by atoms with Crippen molar-refractivity contribution < 1.29 is 42.7 Å². The minimum Gasteiger partial charge on any atom is -0.446 e. The monoisotopic (exact) mass is 646 g/mol. The van der Waals surface area contributed by atoms with Crippen LogP contribution in [0.25, 0.3) is 0 Å². The zero-order valence-corrected chi connectivity index (χ0v) is 27.3. The van der Waals surface area contributed by atoms with E-state index in [-0.39, 0.29) is 38.1 Å². The average Bonchev–Trinajstić information content (AvgIpc) is 3.33. The van der Waals surface area contributed by atoms with Crippen LogP contribution in [0.2, 0.25) is 0 Å². The maximum absolute atomic E-state index is 14.2. The summed E-state index contributed by atoms with van der Waals surface area (Å²) in [6.45, 7) is 7.12. The van der Waals surface area contributed by atoms with E-state index in [4.69, 9.17) is 14.1 Å². The largest absolute Gasteiger partial charge is 0.478 e. The van der Waals surface area contributed by atoms with E-state index in [2.05, 4.69) is 10.6 Å². The van der Waals surface area contributed by atoms with Crippen LogP contribution in [0, 0.1) is 17.3 Å². The van der Waals surface area contributed by atoms with E-state index in [0.29, 0.717) is 23.7 Å². The summed E-state index contributed by atoms with van der Waals surface area (Å²) in [6.07, 6.45) is 6.69. The number of alkyl halides is 1. The van der Waals surface area contributed by atoms with Crippen molar-refractivity contribution in [2.24, 2.45) is 17.3 Å². The lowest BCUT2D eigenvalue weighted by atomic mass is 9.73. The number of hydrogen-bond donors (Lipinski definition) is 3. The minimum atomic E-state index is -1.16. The lowest BCUT2D eigenvalue weighted by molar-refractivity contribution is -0.142. The molecule has 0 radical (unpaired) electrons.